The van der Waals surface area contributed by atoms with Gasteiger partial charge in [-0.05, 0) is 72.3 Å². The topological polar surface area (TPSA) is 63.2 Å². The van der Waals surface area contributed by atoms with Crippen LogP contribution in [0, 0.1) is 0 Å². The summed E-state index contributed by atoms with van der Waals surface area (Å²) in [5.41, 5.74) is 4.36. The van der Waals surface area contributed by atoms with Gasteiger partial charge in [0.05, 0.1) is 0 Å². The Morgan fingerprint density at radius 2 is 1.04 bits per heavy atom. The Morgan fingerprint density at radius 1 is 0.500 bits per heavy atom. The highest BCUT2D eigenvalue weighted by Crippen LogP contribution is 2.05. The third-order valence-electron chi connectivity index (χ3n) is 4.18. The van der Waals surface area contributed by atoms with Crippen molar-refractivity contribution in [2.75, 3.05) is 0 Å². The molecule has 0 amide bonds. The second-order valence-electron chi connectivity index (χ2n) is 6.07. The predicted octanol–water partition coefficient (Wildman–Crippen LogP) is 0.628. The molecule has 4 nitrogen and oxygen atoms in total. The summed E-state index contributed by atoms with van der Waals surface area (Å²) in [5, 5.41) is 4.30. The van der Waals surface area contributed by atoms with Gasteiger partial charge < -0.3 is 19.9 Å². The molecule has 1 aliphatic heterocycles. The summed E-state index contributed by atoms with van der Waals surface area (Å²) in [6.07, 6.45) is 10.5. The van der Waals surface area contributed by atoms with Gasteiger partial charge >= 0.3 is 0 Å². The van der Waals surface area contributed by atoms with E-state index in [1.54, 1.807) is 0 Å². The summed E-state index contributed by atoms with van der Waals surface area (Å²) >= 11 is 0. The van der Waals surface area contributed by atoms with Crippen LogP contribution in [-0.4, -0.2) is 19.9 Å². The van der Waals surface area contributed by atoms with Crippen LogP contribution in [0.3, 0.4) is 0 Å². The smallest absolute Gasteiger partial charge is 0.0407 e. The van der Waals surface area contributed by atoms with E-state index in [0.29, 0.717) is 0 Å². The van der Waals surface area contributed by atoms with Crippen LogP contribution in [0.5, 0.6) is 0 Å². The van der Waals surface area contributed by atoms with Gasteiger partial charge in [-0.3, -0.25) is 0 Å². The summed E-state index contributed by atoms with van der Waals surface area (Å²) in [5.74, 6) is 0. The number of aromatic nitrogens is 4. The molecule has 0 unspecified atom stereocenters. The molecule has 0 saturated carbocycles. The Morgan fingerprint density at radius 3 is 1.67 bits per heavy atom. The summed E-state index contributed by atoms with van der Waals surface area (Å²) in [4.78, 5) is 13.6. The first-order valence-electron chi connectivity index (χ1n) is 7.95. The van der Waals surface area contributed by atoms with Crippen molar-refractivity contribution in [1.29, 1.82) is 0 Å². The molecule has 0 spiro atoms. The van der Waals surface area contributed by atoms with Crippen molar-refractivity contribution in [2.45, 2.75) is 0 Å². The van der Waals surface area contributed by atoms with Crippen molar-refractivity contribution in [3.8, 4) is 0 Å². The second-order valence-corrected chi connectivity index (χ2v) is 6.07. The van der Waals surface area contributed by atoms with Gasteiger partial charge in [0.2, 0.25) is 0 Å². The first kappa shape index (κ1) is 13.1. The Labute approximate surface area is 137 Å². The van der Waals surface area contributed by atoms with Crippen molar-refractivity contribution >= 4 is 24.3 Å². The molecule has 0 aromatic carbocycles. The fraction of sp³-hybridized carbons (Fsp3) is 0. The Bertz CT molecular complexity index is 1070. The molecule has 8 bridgehead atoms. The molecule has 0 saturated heterocycles. The molecule has 5 heterocycles. The number of fused-ring (bicyclic) bond motifs is 8. The third-order valence-corrected chi connectivity index (χ3v) is 4.18. The van der Waals surface area contributed by atoms with Crippen LogP contribution in [0.1, 0.15) is 22.6 Å². The largest absolute Gasteiger partial charge is 0.361 e. The molecule has 4 heteroatoms. The van der Waals surface area contributed by atoms with Crippen LogP contribution >= 0.6 is 0 Å². The highest BCUT2D eigenvalue weighted by atomic mass is 14.7. The van der Waals surface area contributed by atoms with Crippen LogP contribution in [0.15, 0.2) is 48.7 Å². The van der Waals surface area contributed by atoms with E-state index in [4.69, 9.17) is 0 Å². The zero-order chi connectivity index (χ0) is 15.9. The molecule has 24 heavy (non-hydrogen) atoms. The Kier molecular flexibility index (Phi) is 2.76. The minimum atomic E-state index is 1.07. The molecule has 1 aliphatic rings. The standard InChI is InChI=1S/C20H16N4/c1-2-15-9-16-3-4-17(23-16)10-18-5-6-19(24-18)11-20-8-13(12-21-20)7-14(1)22-15/h1-12,21-24H. The van der Waals surface area contributed by atoms with Gasteiger partial charge in [0, 0.05) is 44.7 Å². The van der Waals surface area contributed by atoms with E-state index in [9.17, 15) is 0 Å². The normalized spacial score (nSPS) is 12.7. The summed E-state index contributed by atoms with van der Waals surface area (Å²) < 4.78 is 0. The Balaban J connectivity index is 1.79. The lowest BCUT2D eigenvalue weighted by Gasteiger charge is -1.87. The van der Waals surface area contributed by atoms with E-state index in [0.717, 1.165) is 44.0 Å². The van der Waals surface area contributed by atoms with Crippen LogP contribution in [0.4, 0.5) is 0 Å². The molecule has 4 aromatic heterocycles. The van der Waals surface area contributed by atoms with Crippen LogP contribution < -0.4 is 21.4 Å². The van der Waals surface area contributed by atoms with E-state index in [-0.39, 0.29) is 0 Å². The second kappa shape index (κ2) is 5.06. The molecule has 116 valence electrons. The molecule has 4 N–H and O–H groups in total. The van der Waals surface area contributed by atoms with Crippen molar-refractivity contribution in [1.82, 2.24) is 19.9 Å². The highest BCUT2D eigenvalue weighted by molar-refractivity contribution is 5.56. The highest BCUT2D eigenvalue weighted by Gasteiger charge is 1.97. The molecule has 5 rings (SSSR count). The average Bonchev–Trinajstić information content (AvgIpc) is 3.32. The maximum absolute atomic E-state index is 3.42. The molecule has 0 aliphatic carbocycles. The van der Waals surface area contributed by atoms with Crippen molar-refractivity contribution in [3.05, 3.63) is 92.7 Å². The van der Waals surface area contributed by atoms with Gasteiger partial charge in [0.1, 0.15) is 0 Å². The van der Waals surface area contributed by atoms with Gasteiger partial charge in [-0.25, -0.2) is 0 Å². The number of H-pyrrole nitrogens is 4. The molecule has 0 fully saturated rings. The lowest BCUT2D eigenvalue weighted by atomic mass is 10.3. The lowest BCUT2D eigenvalue weighted by molar-refractivity contribution is 1.24. The zero-order valence-electron chi connectivity index (χ0n) is 12.9. The number of rotatable bonds is 0. The first-order valence-corrected chi connectivity index (χ1v) is 7.95. The van der Waals surface area contributed by atoms with Crippen molar-refractivity contribution in [2.24, 2.45) is 0 Å². The summed E-state index contributed by atoms with van der Waals surface area (Å²) in [6.45, 7) is 0. The molecular weight excluding hydrogens is 296 g/mol. The summed E-state index contributed by atoms with van der Waals surface area (Å²) in [7, 11) is 0. The first-order chi connectivity index (χ1) is 11.8. The maximum atomic E-state index is 3.42. The van der Waals surface area contributed by atoms with Crippen LogP contribution in [-0.2, 0) is 0 Å². The number of hydrogen-bond donors (Lipinski definition) is 4. The fourth-order valence-corrected chi connectivity index (χ4v) is 3.07. The van der Waals surface area contributed by atoms with E-state index < -0.39 is 0 Å². The Hall–Kier alpha value is -3.40. The van der Waals surface area contributed by atoms with Gasteiger partial charge in [0.25, 0.3) is 0 Å². The molecule has 0 radical (unpaired) electrons. The van der Waals surface area contributed by atoms with Crippen LogP contribution in [0.2, 0.25) is 0 Å². The van der Waals surface area contributed by atoms with E-state index in [2.05, 4.69) is 86.7 Å². The zero-order valence-corrected chi connectivity index (χ0v) is 12.9. The van der Waals surface area contributed by atoms with Crippen molar-refractivity contribution < 1.29 is 0 Å². The molecular formula is C20H16N4. The van der Waals surface area contributed by atoms with E-state index >= 15 is 0 Å². The van der Waals surface area contributed by atoms with E-state index in [1.807, 2.05) is 6.20 Å². The minimum Gasteiger partial charge on any atom is -0.361 e. The number of aromatic amines is 4. The summed E-state index contributed by atoms with van der Waals surface area (Å²) in [6, 6.07) is 14.7. The van der Waals surface area contributed by atoms with Gasteiger partial charge in [-0.2, -0.15) is 0 Å². The van der Waals surface area contributed by atoms with Crippen LogP contribution in [0.25, 0.3) is 24.3 Å². The van der Waals surface area contributed by atoms with Gasteiger partial charge in [0.15, 0.2) is 0 Å². The number of hydrogen-bond acceptors (Lipinski definition) is 0. The molecule has 4 aromatic rings. The SMILES string of the molecule is C1=c2ccc([nH]2)=Cc2ccc([nH]2)C=c2ccc([nH]2)=Cc2cc1c[nH]2. The minimum absolute atomic E-state index is 1.07. The van der Waals surface area contributed by atoms with Gasteiger partial charge in [-0.15, -0.1) is 0 Å². The quantitative estimate of drug-likeness (QED) is 0.324. The van der Waals surface area contributed by atoms with E-state index in [1.165, 1.54) is 0 Å². The van der Waals surface area contributed by atoms with Gasteiger partial charge in [-0.1, -0.05) is 0 Å². The predicted molar refractivity (Wildman–Crippen MR) is 95.9 cm³/mol. The maximum Gasteiger partial charge on any atom is 0.0407 e. The monoisotopic (exact) mass is 312 g/mol. The average molecular weight is 312 g/mol. The number of nitrogens with one attached hydrogen (secondary N) is 4. The fourth-order valence-electron chi connectivity index (χ4n) is 3.07. The lowest BCUT2D eigenvalue weighted by Crippen LogP contribution is -2.10. The van der Waals surface area contributed by atoms with Crippen molar-refractivity contribution in [3.63, 3.8) is 0 Å². The third kappa shape index (κ3) is 2.44. The molecule has 0 atom stereocenters.